The summed E-state index contributed by atoms with van der Waals surface area (Å²) in [4.78, 5) is 4.94. The third-order valence-electron chi connectivity index (χ3n) is 4.65. The van der Waals surface area contributed by atoms with E-state index in [2.05, 4.69) is 9.80 Å². The lowest BCUT2D eigenvalue weighted by Crippen LogP contribution is -2.49. The normalized spacial score (nSPS) is 22.7. The van der Waals surface area contributed by atoms with Gasteiger partial charge in [0.2, 0.25) is 0 Å². The molecule has 1 aromatic rings. The minimum Gasteiger partial charge on any atom is -0.329 e. The zero-order valence-corrected chi connectivity index (χ0v) is 12.2. The zero-order chi connectivity index (χ0) is 14.8. The molecule has 3 rings (SSSR count). The maximum absolute atomic E-state index is 12.6. The second-order valence-corrected chi connectivity index (χ2v) is 6.02. The van der Waals surface area contributed by atoms with Crippen molar-refractivity contribution in [3.8, 4) is 0 Å². The highest BCUT2D eigenvalue weighted by Crippen LogP contribution is 2.30. The predicted molar refractivity (Wildman–Crippen MR) is 79.4 cm³/mol. The molecule has 21 heavy (non-hydrogen) atoms. The van der Waals surface area contributed by atoms with Crippen molar-refractivity contribution in [1.29, 1.82) is 0 Å². The first-order chi connectivity index (χ1) is 10.2. The molecule has 0 amide bonds. The average molecular weight is 295 g/mol. The van der Waals surface area contributed by atoms with Crippen LogP contribution in [0.1, 0.15) is 36.4 Å². The number of nitrogens with zero attached hydrogens (tertiary/aromatic N) is 2. The van der Waals surface area contributed by atoms with E-state index in [1.165, 1.54) is 25.0 Å². The van der Waals surface area contributed by atoms with Crippen molar-refractivity contribution in [2.24, 2.45) is 5.73 Å². The summed E-state index contributed by atoms with van der Waals surface area (Å²) in [5.74, 6) is 0. The second kappa shape index (κ2) is 6.38. The van der Waals surface area contributed by atoms with Gasteiger partial charge in [-0.3, -0.25) is 9.80 Å². The van der Waals surface area contributed by atoms with E-state index in [1.54, 1.807) is 12.1 Å². The molecule has 1 aromatic carbocycles. The fourth-order valence-corrected chi connectivity index (χ4v) is 3.21. The highest BCUT2D eigenvalue weighted by Gasteiger charge is 2.32. The molecule has 1 aliphatic heterocycles. The van der Waals surface area contributed by atoms with Crippen LogP contribution < -0.4 is 5.73 Å². The van der Waals surface area contributed by atoms with Gasteiger partial charge in [0, 0.05) is 50.4 Å². The maximum Gasteiger partial charge on any atom is 0.263 e. The zero-order valence-electron chi connectivity index (χ0n) is 12.2. The number of halogens is 2. The van der Waals surface area contributed by atoms with Crippen molar-refractivity contribution < 1.29 is 8.78 Å². The van der Waals surface area contributed by atoms with E-state index in [0.29, 0.717) is 6.54 Å². The largest absolute Gasteiger partial charge is 0.329 e. The topological polar surface area (TPSA) is 32.5 Å². The molecule has 0 bridgehead atoms. The molecule has 1 heterocycles. The smallest absolute Gasteiger partial charge is 0.263 e. The van der Waals surface area contributed by atoms with Crippen LogP contribution in [0, 0.1) is 0 Å². The van der Waals surface area contributed by atoms with Gasteiger partial charge in [0.05, 0.1) is 0 Å². The van der Waals surface area contributed by atoms with Gasteiger partial charge < -0.3 is 5.73 Å². The Hall–Kier alpha value is -1.04. The number of hydrogen-bond donors (Lipinski definition) is 1. The molecule has 1 saturated heterocycles. The van der Waals surface area contributed by atoms with Gasteiger partial charge in [-0.2, -0.15) is 0 Å². The quantitative estimate of drug-likeness (QED) is 0.905. The molecule has 3 nitrogen and oxygen atoms in total. The van der Waals surface area contributed by atoms with Crippen molar-refractivity contribution in [3.63, 3.8) is 0 Å². The van der Waals surface area contributed by atoms with Gasteiger partial charge in [0.25, 0.3) is 6.43 Å². The Kier molecular flexibility index (Phi) is 4.52. The molecule has 2 aliphatic rings. The molecular formula is C16H23F2N3. The standard InChI is InChI=1S/C16H23F2N3/c17-16(18)13-3-1-12(2-4-13)15(11-19)21-9-7-20(8-10-21)14-5-6-14/h1-4,14-16H,5-11,19H2. The Labute approximate surface area is 124 Å². The van der Waals surface area contributed by atoms with E-state index in [1.807, 2.05) is 0 Å². The Balaban J connectivity index is 1.64. The van der Waals surface area contributed by atoms with Gasteiger partial charge in [0.15, 0.2) is 0 Å². The van der Waals surface area contributed by atoms with Gasteiger partial charge in [-0.05, 0) is 18.4 Å². The van der Waals surface area contributed by atoms with Crippen molar-refractivity contribution >= 4 is 0 Å². The number of alkyl halides is 2. The van der Waals surface area contributed by atoms with Crippen molar-refractivity contribution in [2.75, 3.05) is 32.7 Å². The fourth-order valence-electron chi connectivity index (χ4n) is 3.21. The summed E-state index contributed by atoms with van der Waals surface area (Å²) in [5.41, 5.74) is 7.06. The van der Waals surface area contributed by atoms with Crippen LogP contribution in [0.25, 0.3) is 0 Å². The highest BCUT2D eigenvalue weighted by atomic mass is 19.3. The molecule has 0 spiro atoms. The first-order valence-corrected chi connectivity index (χ1v) is 7.75. The van der Waals surface area contributed by atoms with Gasteiger partial charge >= 0.3 is 0 Å². The van der Waals surface area contributed by atoms with Gasteiger partial charge in [-0.25, -0.2) is 8.78 Å². The Morgan fingerprint density at radius 3 is 2.05 bits per heavy atom. The fraction of sp³-hybridized carbons (Fsp3) is 0.625. The molecule has 5 heteroatoms. The lowest BCUT2D eigenvalue weighted by molar-refractivity contribution is 0.0937. The molecular weight excluding hydrogens is 272 g/mol. The van der Waals surface area contributed by atoms with Crippen molar-refractivity contribution in [3.05, 3.63) is 35.4 Å². The van der Waals surface area contributed by atoms with E-state index >= 15 is 0 Å². The van der Waals surface area contributed by atoms with Gasteiger partial charge in [-0.1, -0.05) is 24.3 Å². The predicted octanol–water partition coefficient (Wildman–Crippen LogP) is 2.40. The van der Waals surface area contributed by atoms with Crippen LogP contribution in [0.2, 0.25) is 0 Å². The lowest BCUT2D eigenvalue weighted by atomic mass is 10.0. The van der Waals surface area contributed by atoms with Crippen molar-refractivity contribution in [2.45, 2.75) is 31.4 Å². The summed E-state index contributed by atoms with van der Waals surface area (Å²) in [6, 6.07) is 7.58. The van der Waals surface area contributed by atoms with Crippen LogP contribution in [0.4, 0.5) is 8.78 Å². The average Bonchev–Trinajstić information content (AvgIpc) is 3.34. The van der Waals surface area contributed by atoms with Crippen LogP contribution in [0.3, 0.4) is 0 Å². The minimum absolute atomic E-state index is 0.0769. The van der Waals surface area contributed by atoms with Gasteiger partial charge in [0.1, 0.15) is 0 Å². The summed E-state index contributed by atoms with van der Waals surface area (Å²) in [7, 11) is 0. The van der Waals surface area contributed by atoms with Crippen LogP contribution in [-0.4, -0.2) is 48.6 Å². The van der Waals surface area contributed by atoms with E-state index < -0.39 is 6.43 Å². The monoisotopic (exact) mass is 295 g/mol. The highest BCUT2D eigenvalue weighted by molar-refractivity contribution is 5.26. The number of nitrogens with two attached hydrogens (primary N) is 1. The minimum atomic E-state index is -2.41. The van der Waals surface area contributed by atoms with Crippen molar-refractivity contribution in [1.82, 2.24) is 9.80 Å². The summed E-state index contributed by atoms with van der Waals surface area (Å²) >= 11 is 0. The molecule has 1 aliphatic carbocycles. The van der Waals surface area contributed by atoms with Crippen LogP contribution in [0.5, 0.6) is 0 Å². The van der Waals surface area contributed by atoms with E-state index in [0.717, 1.165) is 37.8 Å². The number of hydrogen-bond acceptors (Lipinski definition) is 3. The molecule has 1 saturated carbocycles. The summed E-state index contributed by atoms with van der Waals surface area (Å²) in [5, 5.41) is 0. The summed E-state index contributed by atoms with van der Waals surface area (Å²) in [6.45, 7) is 4.73. The summed E-state index contributed by atoms with van der Waals surface area (Å²) < 4.78 is 25.2. The lowest BCUT2D eigenvalue weighted by Gasteiger charge is -2.39. The first kappa shape index (κ1) is 14.9. The molecule has 1 atom stereocenters. The van der Waals surface area contributed by atoms with Crippen LogP contribution in [-0.2, 0) is 0 Å². The Bertz CT molecular complexity index is 451. The van der Waals surface area contributed by atoms with E-state index in [9.17, 15) is 8.78 Å². The molecule has 0 aromatic heterocycles. The van der Waals surface area contributed by atoms with Gasteiger partial charge in [-0.15, -0.1) is 0 Å². The summed E-state index contributed by atoms with van der Waals surface area (Å²) in [6.07, 6.45) is 0.280. The van der Waals surface area contributed by atoms with Crippen LogP contribution >= 0.6 is 0 Å². The third kappa shape index (κ3) is 3.42. The Morgan fingerprint density at radius 2 is 1.57 bits per heavy atom. The maximum atomic E-state index is 12.6. The molecule has 2 N–H and O–H groups in total. The molecule has 116 valence electrons. The molecule has 1 unspecified atom stereocenters. The second-order valence-electron chi connectivity index (χ2n) is 6.02. The van der Waals surface area contributed by atoms with E-state index in [4.69, 9.17) is 5.73 Å². The van der Waals surface area contributed by atoms with E-state index in [-0.39, 0.29) is 11.6 Å². The number of piperazine rings is 1. The molecule has 0 radical (unpaired) electrons. The third-order valence-corrected chi connectivity index (χ3v) is 4.65. The first-order valence-electron chi connectivity index (χ1n) is 7.75. The molecule has 2 fully saturated rings. The number of rotatable bonds is 5. The Morgan fingerprint density at radius 1 is 1.00 bits per heavy atom. The SMILES string of the molecule is NCC(c1ccc(C(F)F)cc1)N1CCN(C2CC2)CC1. The number of benzene rings is 1. The van der Waals surface area contributed by atoms with Crippen LogP contribution in [0.15, 0.2) is 24.3 Å².